The van der Waals surface area contributed by atoms with Gasteiger partial charge in [-0.3, -0.25) is 4.68 Å². The van der Waals surface area contributed by atoms with Crippen molar-refractivity contribution in [2.45, 2.75) is 6.42 Å². The van der Waals surface area contributed by atoms with E-state index in [2.05, 4.69) is 10.4 Å². The maximum Gasteiger partial charge on any atom is 0.340 e. The number of aromatic nitrogens is 2. The predicted molar refractivity (Wildman–Crippen MR) is 73.2 cm³/mol. The molecule has 20 heavy (non-hydrogen) atoms. The van der Waals surface area contributed by atoms with E-state index in [4.69, 9.17) is 10.8 Å². The zero-order valence-corrected chi connectivity index (χ0v) is 10.9. The van der Waals surface area contributed by atoms with E-state index in [-0.39, 0.29) is 11.3 Å². The van der Waals surface area contributed by atoms with Crippen LogP contribution in [0.15, 0.2) is 24.5 Å². The van der Waals surface area contributed by atoms with Gasteiger partial charge in [-0.05, 0) is 24.1 Å². The van der Waals surface area contributed by atoms with Crippen molar-refractivity contribution in [1.29, 1.82) is 0 Å². The SMILES string of the molecule is Cn1cc(CCNc2ccc(F)c(N)c2C(=O)O)cn1. The zero-order chi connectivity index (χ0) is 14.7. The molecule has 0 bridgehead atoms. The van der Waals surface area contributed by atoms with Gasteiger partial charge in [0.05, 0.1) is 17.6 Å². The first kappa shape index (κ1) is 13.9. The van der Waals surface area contributed by atoms with E-state index in [1.807, 2.05) is 13.2 Å². The van der Waals surface area contributed by atoms with Crippen LogP contribution < -0.4 is 11.1 Å². The molecule has 0 radical (unpaired) electrons. The highest BCUT2D eigenvalue weighted by atomic mass is 19.1. The van der Waals surface area contributed by atoms with Gasteiger partial charge in [0.1, 0.15) is 11.4 Å². The van der Waals surface area contributed by atoms with E-state index < -0.39 is 11.8 Å². The van der Waals surface area contributed by atoms with Gasteiger partial charge in [-0.2, -0.15) is 5.10 Å². The smallest absolute Gasteiger partial charge is 0.340 e. The monoisotopic (exact) mass is 278 g/mol. The van der Waals surface area contributed by atoms with Gasteiger partial charge in [0, 0.05) is 19.8 Å². The molecule has 0 fully saturated rings. The fourth-order valence-corrected chi connectivity index (χ4v) is 1.91. The summed E-state index contributed by atoms with van der Waals surface area (Å²) >= 11 is 0. The normalized spacial score (nSPS) is 10.5. The highest BCUT2D eigenvalue weighted by Crippen LogP contribution is 2.25. The minimum atomic E-state index is -1.26. The van der Waals surface area contributed by atoms with Crippen molar-refractivity contribution < 1.29 is 14.3 Å². The van der Waals surface area contributed by atoms with Gasteiger partial charge >= 0.3 is 5.97 Å². The Morgan fingerprint density at radius 2 is 2.30 bits per heavy atom. The van der Waals surface area contributed by atoms with Gasteiger partial charge in [0.15, 0.2) is 0 Å². The van der Waals surface area contributed by atoms with Crippen molar-refractivity contribution in [1.82, 2.24) is 9.78 Å². The number of nitrogens with two attached hydrogens (primary N) is 1. The topological polar surface area (TPSA) is 93.2 Å². The number of hydrogen-bond acceptors (Lipinski definition) is 4. The molecular weight excluding hydrogens is 263 g/mol. The van der Waals surface area contributed by atoms with E-state index in [9.17, 15) is 9.18 Å². The van der Waals surface area contributed by atoms with E-state index in [1.54, 1.807) is 10.9 Å². The summed E-state index contributed by atoms with van der Waals surface area (Å²) in [6, 6.07) is 2.52. The molecule has 0 unspecified atom stereocenters. The van der Waals surface area contributed by atoms with E-state index >= 15 is 0 Å². The second-order valence-corrected chi connectivity index (χ2v) is 4.39. The second-order valence-electron chi connectivity index (χ2n) is 4.39. The summed E-state index contributed by atoms with van der Waals surface area (Å²) in [6.45, 7) is 0.497. The van der Waals surface area contributed by atoms with E-state index in [1.165, 1.54) is 6.07 Å². The van der Waals surface area contributed by atoms with Crippen LogP contribution in [0.1, 0.15) is 15.9 Å². The molecule has 2 aromatic rings. The number of carboxylic acids is 1. The Morgan fingerprint density at radius 1 is 1.55 bits per heavy atom. The minimum Gasteiger partial charge on any atom is -0.478 e. The molecule has 106 valence electrons. The Kier molecular flexibility index (Phi) is 3.88. The largest absolute Gasteiger partial charge is 0.478 e. The third-order valence-electron chi connectivity index (χ3n) is 2.89. The van der Waals surface area contributed by atoms with Crippen LogP contribution >= 0.6 is 0 Å². The maximum atomic E-state index is 13.3. The average Bonchev–Trinajstić information content (AvgIpc) is 2.79. The van der Waals surface area contributed by atoms with Crippen LogP contribution in [0.25, 0.3) is 0 Å². The first-order valence-electron chi connectivity index (χ1n) is 6.01. The molecule has 1 heterocycles. The molecule has 1 aromatic heterocycles. The van der Waals surface area contributed by atoms with Crippen LogP contribution in [0.4, 0.5) is 15.8 Å². The number of aryl methyl sites for hydroxylation is 1. The third-order valence-corrected chi connectivity index (χ3v) is 2.89. The zero-order valence-electron chi connectivity index (χ0n) is 10.9. The fraction of sp³-hybridized carbons (Fsp3) is 0.231. The number of aromatic carboxylic acids is 1. The van der Waals surface area contributed by atoms with Crippen LogP contribution in [0.5, 0.6) is 0 Å². The Balaban J connectivity index is 2.09. The molecule has 0 spiro atoms. The molecule has 0 aliphatic carbocycles. The molecule has 7 heteroatoms. The highest BCUT2D eigenvalue weighted by Gasteiger charge is 2.17. The van der Waals surface area contributed by atoms with Gasteiger partial charge in [-0.25, -0.2) is 9.18 Å². The molecule has 1 aromatic carbocycles. The number of rotatable bonds is 5. The van der Waals surface area contributed by atoms with Crippen LogP contribution in [0.3, 0.4) is 0 Å². The van der Waals surface area contributed by atoms with Crippen molar-refractivity contribution in [3.63, 3.8) is 0 Å². The van der Waals surface area contributed by atoms with Crippen molar-refractivity contribution in [3.05, 3.63) is 41.5 Å². The molecule has 0 amide bonds. The fourth-order valence-electron chi connectivity index (χ4n) is 1.91. The summed E-state index contributed by atoms with van der Waals surface area (Å²) in [7, 11) is 1.82. The van der Waals surface area contributed by atoms with Gasteiger partial charge in [-0.1, -0.05) is 0 Å². The number of benzene rings is 1. The molecule has 0 aliphatic rings. The summed E-state index contributed by atoms with van der Waals surface area (Å²) in [6.07, 6.45) is 4.28. The van der Waals surface area contributed by atoms with Crippen LogP contribution in [-0.2, 0) is 13.5 Å². The summed E-state index contributed by atoms with van der Waals surface area (Å²) in [5.74, 6) is -1.99. The molecule has 4 N–H and O–H groups in total. The lowest BCUT2D eigenvalue weighted by Crippen LogP contribution is -2.12. The van der Waals surface area contributed by atoms with E-state index in [0.717, 1.165) is 11.6 Å². The Morgan fingerprint density at radius 3 is 2.90 bits per heavy atom. The van der Waals surface area contributed by atoms with Crippen molar-refractivity contribution >= 4 is 17.3 Å². The first-order valence-corrected chi connectivity index (χ1v) is 6.01. The summed E-state index contributed by atoms with van der Waals surface area (Å²) in [4.78, 5) is 11.1. The lowest BCUT2D eigenvalue weighted by Gasteiger charge is -2.11. The third kappa shape index (κ3) is 2.87. The number of nitrogen functional groups attached to an aromatic ring is 1. The van der Waals surface area contributed by atoms with Crippen molar-refractivity contribution in [2.75, 3.05) is 17.6 Å². The number of carboxylic acid groups (broad SMARTS) is 1. The van der Waals surface area contributed by atoms with Crippen molar-refractivity contribution in [3.8, 4) is 0 Å². The Labute approximate surface area is 115 Å². The number of carbonyl (C=O) groups is 1. The van der Waals surface area contributed by atoms with Gasteiger partial charge in [0.2, 0.25) is 0 Å². The number of halogens is 1. The number of hydrogen-bond donors (Lipinski definition) is 3. The molecule has 0 saturated carbocycles. The predicted octanol–water partition coefficient (Wildman–Crippen LogP) is 1.49. The van der Waals surface area contributed by atoms with Gasteiger partial charge in [0.25, 0.3) is 0 Å². The molecule has 2 rings (SSSR count). The number of nitrogens with one attached hydrogen (secondary N) is 1. The maximum absolute atomic E-state index is 13.3. The van der Waals surface area contributed by atoms with Crippen LogP contribution in [-0.4, -0.2) is 27.4 Å². The van der Waals surface area contributed by atoms with Crippen molar-refractivity contribution in [2.24, 2.45) is 7.05 Å². The molecule has 0 saturated heterocycles. The van der Waals surface area contributed by atoms with Gasteiger partial charge < -0.3 is 16.2 Å². The molecular formula is C13H15FN4O2. The summed E-state index contributed by atoms with van der Waals surface area (Å²) in [5.41, 5.74) is 6.19. The summed E-state index contributed by atoms with van der Waals surface area (Å²) < 4.78 is 15.0. The second kappa shape index (κ2) is 5.60. The van der Waals surface area contributed by atoms with Gasteiger partial charge in [-0.15, -0.1) is 0 Å². The standard InChI is InChI=1S/C13H15FN4O2/c1-18-7-8(6-17-18)4-5-16-10-3-2-9(14)12(15)11(10)13(19)20/h2-3,6-7,16H,4-5,15H2,1H3,(H,19,20). The minimum absolute atomic E-state index is 0.240. The highest BCUT2D eigenvalue weighted by molar-refractivity contribution is 6.00. The number of nitrogens with zero attached hydrogens (tertiary/aromatic N) is 2. The number of anilines is 2. The lowest BCUT2D eigenvalue weighted by atomic mass is 10.1. The lowest BCUT2D eigenvalue weighted by molar-refractivity contribution is 0.0698. The first-order chi connectivity index (χ1) is 9.49. The Bertz CT molecular complexity index is 639. The summed E-state index contributed by atoms with van der Waals surface area (Å²) in [5, 5.41) is 16.1. The molecule has 0 aliphatic heterocycles. The van der Waals surface area contributed by atoms with Crippen LogP contribution in [0, 0.1) is 5.82 Å². The van der Waals surface area contributed by atoms with Crippen LogP contribution in [0.2, 0.25) is 0 Å². The quantitative estimate of drug-likeness (QED) is 0.721. The Hall–Kier alpha value is -2.57. The molecule has 0 atom stereocenters. The van der Waals surface area contributed by atoms with E-state index in [0.29, 0.717) is 18.7 Å². The average molecular weight is 278 g/mol. The molecule has 6 nitrogen and oxygen atoms in total.